The second-order valence-electron chi connectivity index (χ2n) is 8.35. The van der Waals surface area contributed by atoms with Crippen molar-refractivity contribution in [3.05, 3.63) is 35.4 Å². The number of hydrogen-bond acceptors (Lipinski definition) is 6. The van der Waals surface area contributed by atoms with E-state index in [0.29, 0.717) is 11.9 Å². The van der Waals surface area contributed by atoms with Gasteiger partial charge in [-0.15, -0.1) is 5.06 Å². The molecule has 6 heteroatoms. The van der Waals surface area contributed by atoms with Crippen LogP contribution in [0.15, 0.2) is 29.3 Å². The molecule has 1 aliphatic heterocycles. The zero-order valence-corrected chi connectivity index (χ0v) is 17.9. The summed E-state index contributed by atoms with van der Waals surface area (Å²) < 4.78 is 0. The van der Waals surface area contributed by atoms with Gasteiger partial charge in [0, 0.05) is 25.0 Å². The van der Waals surface area contributed by atoms with Crippen LogP contribution in [0.3, 0.4) is 0 Å². The molecule has 156 valence electrons. The first-order valence-corrected chi connectivity index (χ1v) is 11.0. The number of aromatic nitrogens is 1. The highest BCUT2D eigenvalue weighted by Gasteiger charge is 2.25. The van der Waals surface area contributed by atoms with Gasteiger partial charge in [0.1, 0.15) is 12.0 Å². The quantitative estimate of drug-likeness (QED) is 0.687. The Bertz CT molecular complexity index is 875. The van der Waals surface area contributed by atoms with E-state index in [-0.39, 0.29) is 6.17 Å². The van der Waals surface area contributed by atoms with E-state index in [9.17, 15) is 0 Å². The Labute approximate surface area is 173 Å². The number of hydrogen-bond donors (Lipinski definition) is 2. The predicted octanol–water partition coefficient (Wildman–Crippen LogP) is 4.24. The van der Waals surface area contributed by atoms with Gasteiger partial charge in [0.2, 0.25) is 5.90 Å². The molecule has 0 saturated heterocycles. The monoisotopic (exact) mass is 395 g/mol. The van der Waals surface area contributed by atoms with E-state index < -0.39 is 0 Å². The van der Waals surface area contributed by atoms with Gasteiger partial charge in [0.25, 0.3) is 0 Å². The third kappa shape index (κ3) is 4.87. The van der Waals surface area contributed by atoms with Crippen molar-refractivity contribution in [2.24, 2.45) is 4.99 Å². The predicted molar refractivity (Wildman–Crippen MR) is 119 cm³/mol. The summed E-state index contributed by atoms with van der Waals surface area (Å²) >= 11 is 0. The normalized spacial score (nSPS) is 20.7. The molecule has 1 aromatic heterocycles. The van der Waals surface area contributed by atoms with Gasteiger partial charge in [-0.25, -0.2) is 9.98 Å². The summed E-state index contributed by atoms with van der Waals surface area (Å²) in [5.41, 5.74) is 3.14. The van der Waals surface area contributed by atoms with Crippen molar-refractivity contribution in [3.63, 3.8) is 0 Å². The zero-order valence-electron chi connectivity index (χ0n) is 17.9. The summed E-state index contributed by atoms with van der Waals surface area (Å²) in [6.07, 6.45) is 7.86. The molecule has 0 spiro atoms. The first-order chi connectivity index (χ1) is 14.1. The number of pyridine rings is 1. The number of benzene rings is 1. The Balaban J connectivity index is 1.45. The maximum absolute atomic E-state index is 5.88. The fourth-order valence-electron chi connectivity index (χ4n) is 4.11. The molecular weight excluding hydrogens is 362 g/mol. The molecule has 6 nitrogen and oxygen atoms in total. The van der Waals surface area contributed by atoms with Crippen LogP contribution in [-0.2, 0) is 4.84 Å². The Morgan fingerprint density at radius 1 is 1.14 bits per heavy atom. The summed E-state index contributed by atoms with van der Waals surface area (Å²) in [6.45, 7) is 6.03. The number of hydroxylamine groups is 2. The molecule has 1 fully saturated rings. The summed E-state index contributed by atoms with van der Waals surface area (Å²) in [5.74, 6) is 1.49. The molecule has 1 unspecified atom stereocenters. The average molecular weight is 396 g/mol. The van der Waals surface area contributed by atoms with Gasteiger partial charge < -0.3 is 15.5 Å². The van der Waals surface area contributed by atoms with Crippen molar-refractivity contribution >= 4 is 22.6 Å². The molecule has 2 aliphatic rings. The summed E-state index contributed by atoms with van der Waals surface area (Å²) in [7, 11) is 1.91. The third-order valence-corrected chi connectivity index (χ3v) is 5.95. The van der Waals surface area contributed by atoms with Crippen LogP contribution in [0.25, 0.3) is 10.9 Å². The minimum absolute atomic E-state index is 0.00532. The number of fused-ring (bicyclic) bond motifs is 1. The van der Waals surface area contributed by atoms with Crippen LogP contribution in [0, 0.1) is 6.92 Å². The highest BCUT2D eigenvalue weighted by molar-refractivity contribution is 6.02. The van der Waals surface area contributed by atoms with E-state index in [1.807, 2.05) is 14.0 Å². The minimum atomic E-state index is 0.00532. The van der Waals surface area contributed by atoms with Crippen molar-refractivity contribution in [3.8, 4) is 0 Å². The van der Waals surface area contributed by atoms with E-state index in [1.54, 1.807) is 5.06 Å². The van der Waals surface area contributed by atoms with E-state index >= 15 is 0 Å². The number of anilines is 1. The maximum Gasteiger partial charge on any atom is 0.246 e. The van der Waals surface area contributed by atoms with Crippen LogP contribution >= 0.6 is 0 Å². The second kappa shape index (κ2) is 9.09. The molecule has 2 heterocycles. The van der Waals surface area contributed by atoms with Gasteiger partial charge >= 0.3 is 0 Å². The average Bonchev–Trinajstić information content (AvgIpc) is 3.06. The van der Waals surface area contributed by atoms with E-state index in [2.05, 4.69) is 46.8 Å². The van der Waals surface area contributed by atoms with Crippen molar-refractivity contribution < 1.29 is 4.84 Å². The number of nitrogens with zero attached hydrogens (tertiary/aromatic N) is 3. The summed E-state index contributed by atoms with van der Waals surface area (Å²) in [5, 5.41) is 10.1. The van der Waals surface area contributed by atoms with Gasteiger partial charge in [0.05, 0.1) is 11.1 Å². The van der Waals surface area contributed by atoms with E-state index in [4.69, 9.17) is 9.82 Å². The van der Waals surface area contributed by atoms with Gasteiger partial charge in [0.15, 0.2) is 0 Å². The van der Waals surface area contributed by atoms with Crippen LogP contribution in [0.5, 0.6) is 0 Å². The van der Waals surface area contributed by atoms with Crippen molar-refractivity contribution in [2.45, 2.75) is 64.6 Å². The third-order valence-electron chi connectivity index (χ3n) is 5.95. The summed E-state index contributed by atoms with van der Waals surface area (Å²) in [4.78, 5) is 15.4. The Morgan fingerprint density at radius 3 is 2.72 bits per heavy atom. The molecule has 1 aromatic carbocycles. The zero-order chi connectivity index (χ0) is 20.2. The lowest BCUT2D eigenvalue weighted by Gasteiger charge is -2.22. The van der Waals surface area contributed by atoms with Gasteiger partial charge in [-0.05, 0) is 57.9 Å². The highest BCUT2D eigenvalue weighted by Crippen LogP contribution is 2.26. The number of rotatable bonds is 7. The molecule has 29 heavy (non-hydrogen) atoms. The molecule has 0 bridgehead atoms. The molecule has 1 aliphatic carbocycles. The fraction of sp³-hybridized carbons (Fsp3) is 0.565. The Kier molecular flexibility index (Phi) is 6.31. The van der Waals surface area contributed by atoms with E-state index in [1.165, 1.54) is 37.7 Å². The molecule has 0 radical (unpaired) electrons. The Hall–Kier alpha value is -2.18. The topological polar surface area (TPSA) is 61.8 Å². The van der Waals surface area contributed by atoms with Crippen molar-refractivity contribution in [2.75, 3.05) is 25.5 Å². The highest BCUT2D eigenvalue weighted by atomic mass is 16.7. The van der Waals surface area contributed by atoms with Gasteiger partial charge in [-0.1, -0.05) is 30.9 Å². The number of aryl methyl sites for hydroxylation is 1. The van der Waals surface area contributed by atoms with Crippen molar-refractivity contribution in [1.82, 2.24) is 15.4 Å². The summed E-state index contributed by atoms with van der Waals surface area (Å²) in [6, 6.07) is 9.19. The number of aliphatic imine (C=N–C) groups is 1. The largest absolute Gasteiger partial charge is 0.383 e. The fourth-order valence-corrected chi connectivity index (χ4v) is 4.11. The first-order valence-electron chi connectivity index (χ1n) is 11.0. The van der Waals surface area contributed by atoms with Crippen LogP contribution in [0.1, 0.15) is 56.6 Å². The first kappa shape index (κ1) is 20.1. The number of nitrogens with one attached hydrogen (secondary N) is 2. The van der Waals surface area contributed by atoms with Crippen molar-refractivity contribution in [1.29, 1.82) is 0 Å². The smallest absolute Gasteiger partial charge is 0.246 e. The van der Waals surface area contributed by atoms with Crippen LogP contribution in [0.4, 0.5) is 5.82 Å². The van der Waals surface area contributed by atoms with Crippen LogP contribution < -0.4 is 10.6 Å². The molecule has 2 aromatic rings. The lowest BCUT2D eigenvalue weighted by molar-refractivity contribution is -0.0503. The standard InChI is InChI=1S/C23H33N5O/c1-16-10-11-21-18(14-16)15-20(23-26-17(2)28(3)29-23)22(27-21)25-13-7-12-24-19-8-5-4-6-9-19/h10-11,14-15,17,19,24H,4-9,12-13H2,1-3H3,(H,25,27). The van der Waals surface area contributed by atoms with Gasteiger partial charge in [-0.3, -0.25) is 0 Å². The molecule has 1 saturated carbocycles. The molecule has 4 rings (SSSR count). The Morgan fingerprint density at radius 2 is 1.97 bits per heavy atom. The SMILES string of the molecule is Cc1ccc2nc(NCCCNC3CCCCC3)c(C3=NC(C)N(C)O3)cc2c1. The minimum Gasteiger partial charge on any atom is -0.383 e. The maximum atomic E-state index is 5.88. The lowest BCUT2D eigenvalue weighted by Crippen LogP contribution is -2.32. The molecular formula is C23H33N5O. The molecule has 1 atom stereocenters. The second-order valence-corrected chi connectivity index (χ2v) is 8.35. The lowest BCUT2D eigenvalue weighted by atomic mass is 9.95. The van der Waals surface area contributed by atoms with Crippen LogP contribution in [0.2, 0.25) is 0 Å². The molecule has 2 N–H and O–H groups in total. The molecule has 0 amide bonds. The van der Waals surface area contributed by atoms with Crippen LogP contribution in [-0.4, -0.2) is 48.3 Å². The van der Waals surface area contributed by atoms with E-state index in [0.717, 1.165) is 41.8 Å². The van der Waals surface area contributed by atoms with Gasteiger partial charge in [-0.2, -0.15) is 0 Å².